The second-order valence-electron chi connectivity index (χ2n) is 4.61. The maximum atomic E-state index is 6.09. The molecule has 3 rings (SSSR count). The predicted octanol–water partition coefficient (Wildman–Crippen LogP) is 3.60. The van der Waals surface area contributed by atoms with Crippen LogP contribution in [0.15, 0.2) is 4.34 Å². The van der Waals surface area contributed by atoms with Gasteiger partial charge in [0.15, 0.2) is 4.34 Å². The van der Waals surface area contributed by atoms with Gasteiger partial charge in [-0.1, -0.05) is 18.7 Å². The average molecular weight is 337 g/mol. The van der Waals surface area contributed by atoms with Crippen LogP contribution in [0.4, 0.5) is 5.82 Å². The summed E-state index contributed by atoms with van der Waals surface area (Å²) in [5.41, 5.74) is 7.27. The van der Waals surface area contributed by atoms with Crippen LogP contribution in [0, 0.1) is 13.8 Å². The van der Waals surface area contributed by atoms with E-state index < -0.39 is 0 Å². The van der Waals surface area contributed by atoms with Crippen molar-refractivity contribution in [2.75, 3.05) is 5.73 Å². The summed E-state index contributed by atoms with van der Waals surface area (Å²) in [7, 11) is 0. The summed E-state index contributed by atoms with van der Waals surface area (Å²) in [4.78, 5) is 15.7. The van der Waals surface area contributed by atoms with Crippen molar-refractivity contribution in [2.24, 2.45) is 0 Å². The number of hydrogen-bond acceptors (Lipinski definition) is 8. The molecule has 0 saturated heterocycles. The fourth-order valence-electron chi connectivity index (χ4n) is 1.96. The summed E-state index contributed by atoms with van der Waals surface area (Å²) in [5.74, 6) is 2.88. The smallest absolute Gasteiger partial charge is 0.170 e. The third-order valence-electron chi connectivity index (χ3n) is 3.19. The minimum Gasteiger partial charge on any atom is -0.383 e. The van der Waals surface area contributed by atoms with Crippen molar-refractivity contribution in [3.63, 3.8) is 0 Å². The van der Waals surface area contributed by atoms with Crippen LogP contribution in [-0.2, 0) is 12.2 Å². The second-order valence-corrected chi connectivity index (χ2v) is 7.78. The number of hydrogen-bond donors (Lipinski definition) is 1. The van der Waals surface area contributed by atoms with Crippen molar-refractivity contribution in [3.8, 4) is 0 Å². The molecule has 0 fully saturated rings. The molecule has 0 unspecified atom stereocenters. The van der Waals surface area contributed by atoms with Crippen LogP contribution in [0.5, 0.6) is 0 Å². The van der Waals surface area contributed by atoms with E-state index in [1.165, 1.54) is 22.0 Å². The Balaban J connectivity index is 1.84. The van der Waals surface area contributed by atoms with Gasteiger partial charge in [-0.25, -0.2) is 15.0 Å². The van der Waals surface area contributed by atoms with Crippen LogP contribution in [0.3, 0.4) is 0 Å². The molecule has 3 heterocycles. The lowest BCUT2D eigenvalue weighted by atomic mass is 10.2. The number of nitrogen functional groups attached to an aromatic ring is 1. The normalized spacial score (nSPS) is 11.4. The fraction of sp³-hybridized carbons (Fsp3) is 0.385. The van der Waals surface area contributed by atoms with Crippen LogP contribution < -0.4 is 5.73 Å². The van der Waals surface area contributed by atoms with Crippen molar-refractivity contribution in [3.05, 3.63) is 22.1 Å². The van der Waals surface area contributed by atoms with Gasteiger partial charge in [-0.2, -0.15) is 4.37 Å². The van der Waals surface area contributed by atoms with E-state index in [9.17, 15) is 0 Å². The minimum absolute atomic E-state index is 0.573. The number of fused-ring (bicyclic) bond motifs is 1. The maximum absolute atomic E-state index is 6.09. The van der Waals surface area contributed by atoms with Crippen LogP contribution in [0.25, 0.3) is 10.2 Å². The van der Waals surface area contributed by atoms with Gasteiger partial charge in [-0.05, 0) is 30.9 Å². The number of rotatable bonds is 4. The van der Waals surface area contributed by atoms with Crippen molar-refractivity contribution in [1.29, 1.82) is 0 Å². The lowest BCUT2D eigenvalue weighted by Gasteiger charge is -2.02. The molecule has 0 aliphatic carbocycles. The van der Waals surface area contributed by atoms with Gasteiger partial charge >= 0.3 is 0 Å². The van der Waals surface area contributed by atoms with Crippen molar-refractivity contribution < 1.29 is 0 Å². The highest BCUT2D eigenvalue weighted by atomic mass is 32.2. The van der Waals surface area contributed by atoms with Crippen LogP contribution >= 0.6 is 34.6 Å². The highest BCUT2D eigenvalue weighted by Crippen LogP contribution is 2.33. The monoisotopic (exact) mass is 337 g/mol. The first-order valence-corrected chi connectivity index (χ1v) is 9.13. The molecule has 110 valence electrons. The third-order valence-corrected chi connectivity index (χ3v) is 6.16. The summed E-state index contributed by atoms with van der Waals surface area (Å²) in [6.45, 7) is 6.20. The molecule has 0 aliphatic heterocycles. The molecule has 21 heavy (non-hydrogen) atoms. The number of nitrogens with two attached hydrogens (primary N) is 1. The SMILES string of the molecule is CCc1nsc(SCc2nc(N)c3c(C)c(C)sc3n2)n1. The molecule has 0 aliphatic rings. The Morgan fingerprint density at radius 2 is 1.95 bits per heavy atom. The van der Waals surface area contributed by atoms with Gasteiger partial charge in [0.2, 0.25) is 0 Å². The van der Waals surface area contributed by atoms with E-state index in [0.29, 0.717) is 11.6 Å². The van der Waals surface area contributed by atoms with E-state index in [1.807, 2.05) is 0 Å². The van der Waals surface area contributed by atoms with Crippen molar-refractivity contribution in [1.82, 2.24) is 19.3 Å². The van der Waals surface area contributed by atoms with Crippen LogP contribution in [-0.4, -0.2) is 19.3 Å². The summed E-state index contributed by atoms with van der Waals surface area (Å²) in [6, 6.07) is 0. The van der Waals surface area contributed by atoms with Crippen molar-refractivity contribution in [2.45, 2.75) is 37.3 Å². The average Bonchev–Trinajstić information content (AvgIpc) is 3.02. The zero-order valence-corrected chi connectivity index (χ0v) is 14.5. The van der Waals surface area contributed by atoms with Gasteiger partial charge < -0.3 is 5.73 Å². The molecule has 0 saturated carbocycles. The first-order valence-electron chi connectivity index (χ1n) is 6.56. The lowest BCUT2D eigenvalue weighted by molar-refractivity contribution is 0.970. The maximum Gasteiger partial charge on any atom is 0.170 e. The van der Waals surface area contributed by atoms with Gasteiger partial charge in [-0.3, -0.25) is 0 Å². The number of anilines is 1. The molecule has 0 spiro atoms. The summed E-state index contributed by atoms with van der Waals surface area (Å²) in [5, 5.41) is 0.996. The summed E-state index contributed by atoms with van der Waals surface area (Å²) >= 11 is 4.70. The Labute approximate surface area is 135 Å². The Bertz CT molecular complexity index is 793. The van der Waals surface area contributed by atoms with Crippen LogP contribution in [0.2, 0.25) is 0 Å². The van der Waals surface area contributed by atoms with Crippen LogP contribution in [0.1, 0.15) is 29.0 Å². The minimum atomic E-state index is 0.573. The third kappa shape index (κ3) is 2.88. The largest absolute Gasteiger partial charge is 0.383 e. The highest BCUT2D eigenvalue weighted by molar-refractivity contribution is 8.00. The van der Waals surface area contributed by atoms with Gasteiger partial charge in [0.05, 0.1) is 11.1 Å². The topological polar surface area (TPSA) is 77.6 Å². The highest BCUT2D eigenvalue weighted by Gasteiger charge is 2.13. The molecule has 0 atom stereocenters. The molecule has 0 radical (unpaired) electrons. The fourth-order valence-corrected chi connectivity index (χ4v) is 4.56. The van der Waals surface area contributed by atoms with Gasteiger partial charge in [0.1, 0.15) is 22.3 Å². The van der Waals surface area contributed by atoms with E-state index in [4.69, 9.17) is 5.73 Å². The van der Waals surface area contributed by atoms with Crippen molar-refractivity contribution >= 4 is 50.7 Å². The van der Waals surface area contributed by atoms with E-state index in [0.717, 1.165) is 32.6 Å². The zero-order valence-electron chi connectivity index (χ0n) is 12.0. The zero-order chi connectivity index (χ0) is 15.0. The van der Waals surface area contributed by atoms with Gasteiger partial charge in [0.25, 0.3) is 0 Å². The molecule has 2 N–H and O–H groups in total. The molecule has 5 nitrogen and oxygen atoms in total. The Kier molecular flexibility index (Phi) is 4.10. The van der Waals surface area contributed by atoms with E-state index in [1.54, 1.807) is 23.1 Å². The summed E-state index contributed by atoms with van der Waals surface area (Å²) < 4.78 is 5.23. The number of thiophene rings is 1. The number of aromatic nitrogens is 4. The number of thioether (sulfide) groups is 1. The standard InChI is InChI=1S/C13H15N5S3/c1-4-8-17-13(21-18-8)19-5-9-15-11(14)10-6(2)7(3)20-12(10)16-9/h4-5H2,1-3H3,(H2,14,15,16). The molecule has 0 amide bonds. The Morgan fingerprint density at radius 3 is 2.67 bits per heavy atom. The quantitative estimate of drug-likeness (QED) is 0.733. The number of nitrogens with zero attached hydrogens (tertiary/aromatic N) is 4. The second kappa shape index (κ2) is 5.86. The molecular weight excluding hydrogens is 322 g/mol. The molecule has 3 aromatic rings. The van der Waals surface area contributed by atoms with Gasteiger partial charge in [0, 0.05) is 11.3 Å². The lowest BCUT2D eigenvalue weighted by Crippen LogP contribution is -1.99. The molecule has 0 bridgehead atoms. The number of aryl methyl sites for hydroxylation is 3. The van der Waals surface area contributed by atoms with E-state index in [2.05, 4.69) is 40.1 Å². The molecule has 0 aromatic carbocycles. The van der Waals surface area contributed by atoms with E-state index in [-0.39, 0.29) is 0 Å². The molecular formula is C13H15N5S3. The predicted molar refractivity (Wildman–Crippen MR) is 90.1 cm³/mol. The van der Waals surface area contributed by atoms with Gasteiger partial charge in [-0.15, -0.1) is 11.3 Å². The summed E-state index contributed by atoms with van der Waals surface area (Å²) in [6.07, 6.45) is 0.861. The Morgan fingerprint density at radius 1 is 1.14 bits per heavy atom. The first-order chi connectivity index (χ1) is 10.1. The molecule has 3 aromatic heterocycles. The Hall–Kier alpha value is -1.25. The first kappa shape index (κ1) is 14.7. The van der Waals surface area contributed by atoms with E-state index >= 15 is 0 Å². The molecule has 8 heteroatoms.